The highest BCUT2D eigenvalue weighted by Gasteiger charge is 2.09. The maximum atomic E-state index is 13.8. The maximum Gasteiger partial charge on any atom is 0.153 e. The molecule has 2 aromatic rings. The molecule has 0 saturated heterocycles. The van der Waals surface area contributed by atoms with Gasteiger partial charge in [0, 0.05) is 11.1 Å². The van der Waals surface area contributed by atoms with Crippen LogP contribution in [-0.2, 0) is 12.8 Å². The van der Waals surface area contributed by atoms with E-state index in [1.165, 1.54) is 11.1 Å². The van der Waals surface area contributed by atoms with Gasteiger partial charge in [0.2, 0.25) is 0 Å². The van der Waals surface area contributed by atoms with Crippen molar-refractivity contribution in [1.82, 2.24) is 0 Å². The third-order valence-corrected chi connectivity index (χ3v) is 3.82. The van der Waals surface area contributed by atoms with Crippen LogP contribution in [0, 0.1) is 23.5 Å². The highest BCUT2D eigenvalue weighted by atomic mass is 32.1. The monoisotopic (exact) mass is 353 g/mol. The van der Waals surface area contributed by atoms with Crippen molar-refractivity contribution < 1.29 is 8.78 Å². The topological polar surface area (TPSA) is 12.4 Å². The number of rotatable bonds is 5. The number of aryl methyl sites for hydroxylation is 2. The van der Waals surface area contributed by atoms with Gasteiger partial charge in [0.25, 0.3) is 0 Å². The summed E-state index contributed by atoms with van der Waals surface area (Å²) in [5, 5.41) is 1.96. The zero-order valence-corrected chi connectivity index (χ0v) is 14.7. The first-order valence-electron chi connectivity index (χ1n) is 7.90. The highest BCUT2D eigenvalue weighted by Crippen LogP contribution is 2.23. The Bertz CT molecular complexity index is 877. The van der Waals surface area contributed by atoms with Gasteiger partial charge in [-0.1, -0.05) is 30.9 Å². The van der Waals surface area contributed by atoms with E-state index in [0.29, 0.717) is 0 Å². The Kier molecular flexibility index (Phi) is 6.77. The lowest BCUT2D eigenvalue weighted by Gasteiger charge is -2.07. The predicted octanol–water partition coefficient (Wildman–Crippen LogP) is 5.78. The number of hydrogen-bond donors (Lipinski definition) is 0. The van der Waals surface area contributed by atoms with Gasteiger partial charge in [-0.15, -0.1) is 6.58 Å². The van der Waals surface area contributed by atoms with Gasteiger partial charge in [0.1, 0.15) is 5.69 Å². The minimum Gasteiger partial charge on any atom is -0.204 e. The van der Waals surface area contributed by atoms with Gasteiger partial charge >= 0.3 is 0 Å². The zero-order chi connectivity index (χ0) is 18.2. The van der Waals surface area contributed by atoms with Gasteiger partial charge in [-0.2, -0.15) is 4.99 Å². The van der Waals surface area contributed by atoms with E-state index >= 15 is 0 Å². The molecule has 2 rings (SSSR count). The van der Waals surface area contributed by atoms with Crippen molar-refractivity contribution in [3.05, 3.63) is 76.9 Å². The summed E-state index contributed by atoms with van der Waals surface area (Å²) in [7, 11) is 0. The Labute approximate surface area is 152 Å². The first-order chi connectivity index (χ1) is 12.1. The Morgan fingerprint density at radius 1 is 1.08 bits per heavy atom. The number of allylic oxidation sites excluding steroid dienone is 1. The fourth-order valence-corrected chi connectivity index (χ4v) is 2.56. The van der Waals surface area contributed by atoms with Gasteiger partial charge in [-0.3, -0.25) is 0 Å². The molecule has 0 amide bonds. The van der Waals surface area contributed by atoms with Crippen LogP contribution in [0.2, 0.25) is 0 Å². The molecule has 0 aliphatic carbocycles. The molecule has 1 nitrogen and oxygen atoms in total. The van der Waals surface area contributed by atoms with Crippen LogP contribution in [0.25, 0.3) is 0 Å². The molecule has 0 aromatic heterocycles. The van der Waals surface area contributed by atoms with Crippen LogP contribution in [-0.4, -0.2) is 5.16 Å². The summed E-state index contributed by atoms with van der Waals surface area (Å²) in [4.78, 5) is 3.38. The molecular weight excluding hydrogens is 336 g/mol. The number of aliphatic imine (C=N–C) groups is 1. The molecule has 126 valence electrons. The van der Waals surface area contributed by atoms with Crippen molar-refractivity contribution in [2.45, 2.75) is 26.2 Å². The molecule has 0 aliphatic heterocycles. The van der Waals surface area contributed by atoms with Crippen LogP contribution >= 0.6 is 12.2 Å². The van der Waals surface area contributed by atoms with Crippen LogP contribution in [0.15, 0.2) is 48.0 Å². The van der Waals surface area contributed by atoms with E-state index < -0.39 is 17.3 Å². The number of isothiocyanates is 1. The first-order valence-corrected chi connectivity index (χ1v) is 8.31. The molecule has 0 unspecified atom stereocenters. The lowest BCUT2D eigenvalue weighted by atomic mass is 9.98. The fraction of sp³-hybridized carbons (Fsp3) is 0.190. The van der Waals surface area contributed by atoms with E-state index in [2.05, 4.69) is 42.6 Å². The van der Waals surface area contributed by atoms with E-state index in [0.717, 1.165) is 37.0 Å². The van der Waals surface area contributed by atoms with Crippen molar-refractivity contribution in [3.63, 3.8) is 0 Å². The second-order valence-corrected chi connectivity index (χ2v) is 5.59. The largest absolute Gasteiger partial charge is 0.204 e. The Balaban J connectivity index is 2.32. The van der Waals surface area contributed by atoms with Crippen LogP contribution < -0.4 is 0 Å². The fourth-order valence-electron chi connectivity index (χ4n) is 2.47. The number of benzene rings is 2. The van der Waals surface area contributed by atoms with Gasteiger partial charge < -0.3 is 0 Å². The smallest absolute Gasteiger partial charge is 0.153 e. The number of thiocarbonyl (C=S) groups is 1. The van der Waals surface area contributed by atoms with Crippen molar-refractivity contribution in [1.29, 1.82) is 0 Å². The third-order valence-electron chi connectivity index (χ3n) is 3.73. The molecule has 0 bridgehead atoms. The summed E-state index contributed by atoms with van der Waals surface area (Å²) in [6.45, 7) is 5.83. The molecule has 0 saturated carbocycles. The van der Waals surface area contributed by atoms with E-state index in [1.54, 1.807) is 0 Å². The molecule has 0 spiro atoms. The summed E-state index contributed by atoms with van der Waals surface area (Å²) in [5.41, 5.74) is 3.09. The van der Waals surface area contributed by atoms with Gasteiger partial charge in [-0.05, 0) is 66.9 Å². The lowest BCUT2D eigenvalue weighted by Crippen LogP contribution is -1.93. The summed E-state index contributed by atoms with van der Waals surface area (Å²) in [6, 6.07) is 8.26. The third kappa shape index (κ3) is 4.93. The zero-order valence-electron chi connectivity index (χ0n) is 13.9. The van der Waals surface area contributed by atoms with Crippen LogP contribution in [0.4, 0.5) is 14.5 Å². The summed E-state index contributed by atoms with van der Waals surface area (Å²) in [6.07, 6.45) is 4.66. The van der Waals surface area contributed by atoms with E-state index in [-0.39, 0.29) is 5.56 Å². The second kappa shape index (κ2) is 9.03. The Hall–Kier alpha value is -2.60. The van der Waals surface area contributed by atoms with Gasteiger partial charge in [-0.25, -0.2) is 8.78 Å². The molecule has 0 radical (unpaired) electrons. The normalized spacial score (nSPS) is 9.72. The van der Waals surface area contributed by atoms with Gasteiger partial charge in [0.15, 0.2) is 11.6 Å². The number of halogens is 2. The second-order valence-electron chi connectivity index (χ2n) is 5.41. The summed E-state index contributed by atoms with van der Waals surface area (Å²) < 4.78 is 27.6. The first kappa shape index (κ1) is 18.7. The molecule has 25 heavy (non-hydrogen) atoms. The van der Waals surface area contributed by atoms with E-state index in [9.17, 15) is 8.78 Å². The number of hydrogen-bond acceptors (Lipinski definition) is 2. The SMILES string of the molecule is C=CCCc1ccc(C#Cc2cc(F)c(N=C=S)c(F)c2)cc1CC. The summed E-state index contributed by atoms with van der Waals surface area (Å²) in [5.74, 6) is 4.13. The molecule has 0 aliphatic rings. The molecule has 0 fully saturated rings. The maximum absolute atomic E-state index is 13.8. The van der Waals surface area contributed by atoms with Crippen molar-refractivity contribution in [2.75, 3.05) is 0 Å². The minimum absolute atomic E-state index is 0.243. The number of nitrogens with zero attached hydrogens (tertiary/aromatic N) is 1. The lowest BCUT2D eigenvalue weighted by molar-refractivity contribution is 0.587. The predicted molar refractivity (Wildman–Crippen MR) is 101 cm³/mol. The molecular formula is C21H17F2NS. The van der Waals surface area contributed by atoms with Crippen LogP contribution in [0.5, 0.6) is 0 Å². The molecule has 0 N–H and O–H groups in total. The molecule has 0 atom stereocenters. The van der Waals surface area contributed by atoms with Crippen molar-refractivity contribution in [2.24, 2.45) is 4.99 Å². The van der Waals surface area contributed by atoms with Crippen molar-refractivity contribution >= 4 is 23.1 Å². The minimum atomic E-state index is -0.810. The van der Waals surface area contributed by atoms with Crippen LogP contribution in [0.1, 0.15) is 35.6 Å². The molecule has 2 aromatic carbocycles. The molecule has 4 heteroatoms. The average molecular weight is 353 g/mol. The van der Waals surface area contributed by atoms with E-state index in [4.69, 9.17) is 0 Å². The molecule has 0 heterocycles. The van der Waals surface area contributed by atoms with Gasteiger partial charge in [0.05, 0.1) is 5.16 Å². The Morgan fingerprint density at radius 3 is 2.36 bits per heavy atom. The Morgan fingerprint density at radius 2 is 1.76 bits per heavy atom. The van der Waals surface area contributed by atoms with Crippen LogP contribution in [0.3, 0.4) is 0 Å². The summed E-state index contributed by atoms with van der Waals surface area (Å²) >= 11 is 4.38. The van der Waals surface area contributed by atoms with Crippen molar-refractivity contribution in [3.8, 4) is 11.8 Å². The van der Waals surface area contributed by atoms with E-state index in [1.807, 2.05) is 29.4 Å². The standard InChI is InChI=1S/C21H17F2NS/c1-3-5-6-18-10-9-15(11-17(18)4-2)7-8-16-12-19(22)21(24-14-25)20(23)13-16/h3,9-13H,1,4-6H2,2H3. The average Bonchev–Trinajstić information content (AvgIpc) is 2.61. The highest BCUT2D eigenvalue weighted by molar-refractivity contribution is 7.78. The quantitative estimate of drug-likeness (QED) is 0.287.